The SMILES string of the molecule is CC(C)(O)CC(=O)NC1CCN(c2ccc(Cl)c(-c3ccccn3)n2)CC1. The van der Waals surface area contributed by atoms with Crippen LogP contribution in [0.3, 0.4) is 0 Å². The van der Waals surface area contributed by atoms with Crippen molar-refractivity contribution in [3.8, 4) is 11.4 Å². The van der Waals surface area contributed by atoms with Crippen LogP contribution in [0.15, 0.2) is 36.5 Å². The van der Waals surface area contributed by atoms with E-state index in [0.717, 1.165) is 37.4 Å². The predicted octanol–water partition coefficient (Wildman–Crippen LogP) is 3.04. The first-order valence-corrected chi connectivity index (χ1v) is 9.54. The largest absolute Gasteiger partial charge is 0.390 e. The number of aliphatic hydroxyl groups is 1. The molecule has 2 aromatic heterocycles. The van der Waals surface area contributed by atoms with E-state index in [1.165, 1.54) is 0 Å². The number of nitrogens with one attached hydrogen (secondary N) is 1. The first kappa shape index (κ1) is 19.6. The molecule has 0 unspecified atom stereocenters. The van der Waals surface area contributed by atoms with Crippen LogP contribution in [0.25, 0.3) is 11.4 Å². The summed E-state index contributed by atoms with van der Waals surface area (Å²) >= 11 is 6.31. The van der Waals surface area contributed by atoms with Crippen LogP contribution in [0.2, 0.25) is 5.02 Å². The molecule has 3 rings (SSSR count). The third-order valence-corrected chi connectivity index (χ3v) is 4.82. The molecule has 7 heteroatoms. The van der Waals surface area contributed by atoms with E-state index in [0.29, 0.717) is 10.7 Å². The van der Waals surface area contributed by atoms with Gasteiger partial charge in [-0.1, -0.05) is 17.7 Å². The van der Waals surface area contributed by atoms with E-state index in [1.807, 2.05) is 30.3 Å². The van der Waals surface area contributed by atoms with Crippen molar-refractivity contribution in [2.45, 2.75) is 44.8 Å². The first-order valence-electron chi connectivity index (χ1n) is 9.16. The number of anilines is 1. The molecule has 0 saturated carbocycles. The van der Waals surface area contributed by atoms with Crippen molar-refractivity contribution in [1.29, 1.82) is 0 Å². The van der Waals surface area contributed by atoms with Gasteiger partial charge in [0.1, 0.15) is 11.5 Å². The van der Waals surface area contributed by atoms with Crippen LogP contribution in [0.5, 0.6) is 0 Å². The fraction of sp³-hybridized carbons (Fsp3) is 0.450. The Bertz CT molecular complexity index is 784. The molecule has 27 heavy (non-hydrogen) atoms. The Morgan fingerprint density at radius 2 is 2.04 bits per heavy atom. The van der Waals surface area contributed by atoms with Crippen LogP contribution in [0, 0.1) is 0 Å². The van der Waals surface area contributed by atoms with Gasteiger partial charge in [-0.25, -0.2) is 4.98 Å². The molecule has 2 aromatic rings. The number of hydrogen-bond donors (Lipinski definition) is 2. The Morgan fingerprint density at radius 1 is 1.30 bits per heavy atom. The maximum atomic E-state index is 12.0. The normalized spacial score (nSPS) is 15.6. The molecule has 1 aliphatic heterocycles. The van der Waals surface area contributed by atoms with Crippen molar-refractivity contribution in [2.75, 3.05) is 18.0 Å². The number of halogens is 1. The third kappa shape index (κ3) is 5.40. The summed E-state index contributed by atoms with van der Waals surface area (Å²) in [5.74, 6) is 0.754. The highest BCUT2D eigenvalue weighted by atomic mass is 35.5. The lowest BCUT2D eigenvalue weighted by Gasteiger charge is -2.33. The van der Waals surface area contributed by atoms with Crippen molar-refractivity contribution in [1.82, 2.24) is 15.3 Å². The molecular weight excluding hydrogens is 364 g/mol. The van der Waals surface area contributed by atoms with Gasteiger partial charge >= 0.3 is 0 Å². The Hall–Kier alpha value is -2.18. The fourth-order valence-electron chi connectivity index (χ4n) is 3.21. The molecule has 0 aliphatic carbocycles. The molecule has 1 saturated heterocycles. The second-order valence-corrected chi connectivity index (χ2v) is 7.94. The van der Waals surface area contributed by atoms with Crippen LogP contribution in [0.1, 0.15) is 33.1 Å². The number of carbonyl (C=O) groups is 1. The number of nitrogens with zero attached hydrogens (tertiary/aromatic N) is 3. The monoisotopic (exact) mass is 388 g/mol. The highest BCUT2D eigenvalue weighted by Crippen LogP contribution is 2.28. The van der Waals surface area contributed by atoms with Crippen LogP contribution in [-0.2, 0) is 4.79 Å². The molecule has 0 radical (unpaired) electrons. The minimum absolute atomic E-state index is 0.108. The maximum Gasteiger partial charge on any atom is 0.223 e. The number of rotatable bonds is 5. The summed E-state index contributed by atoms with van der Waals surface area (Å²) < 4.78 is 0. The second-order valence-electron chi connectivity index (χ2n) is 7.53. The smallest absolute Gasteiger partial charge is 0.223 e. The van der Waals surface area contributed by atoms with Crippen molar-refractivity contribution in [3.05, 3.63) is 41.6 Å². The molecule has 0 spiro atoms. The predicted molar refractivity (Wildman–Crippen MR) is 107 cm³/mol. The highest BCUT2D eigenvalue weighted by molar-refractivity contribution is 6.33. The average Bonchev–Trinajstić information content (AvgIpc) is 2.62. The summed E-state index contributed by atoms with van der Waals surface area (Å²) in [6.07, 6.45) is 3.50. The van der Waals surface area contributed by atoms with Crippen molar-refractivity contribution in [2.24, 2.45) is 0 Å². The topological polar surface area (TPSA) is 78.4 Å². The highest BCUT2D eigenvalue weighted by Gasteiger charge is 2.24. The number of pyridine rings is 2. The number of amides is 1. The summed E-state index contributed by atoms with van der Waals surface area (Å²) in [7, 11) is 0. The van der Waals surface area contributed by atoms with Gasteiger partial charge < -0.3 is 15.3 Å². The van der Waals surface area contributed by atoms with E-state index in [2.05, 4.69) is 15.2 Å². The van der Waals surface area contributed by atoms with Crippen molar-refractivity contribution in [3.63, 3.8) is 0 Å². The quantitative estimate of drug-likeness (QED) is 0.823. The van der Waals surface area contributed by atoms with Crippen LogP contribution >= 0.6 is 11.6 Å². The van der Waals surface area contributed by atoms with E-state index in [4.69, 9.17) is 16.6 Å². The molecule has 3 heterocycles. The first-order chi connectivity index (χ1) is 12.8. The minimum atomic E-state index is -0.986. The summed E-state index contributed by atoms with van der Waals surface area (Å²) in [6, 6.07) is 9.56. The molecule has 6 nitrogen and oxygen atoms in total. The number of carbonyl (C=O) groups excluding carboxylic acids is 1. The number of aromatic nitrogens is 2. The molecule has 1 amide bonds. The molecule has 1 aliphatic rings. The van der Waals surface area contributed by atoms with Gasteiger partial charge in [0.2, 0.25) is 5.91 Å². The van der Waals surface area contributed by atoms with Crippen LogP contribution < -0.4 is 10.2 Å². The van der Waals surface area contributed by atoms with E-state index in [1.54, 1.807) is 20.0 Å². The lowest BCUT2D eigenvalue weighted by molar-refractivity contribution is -0.125. The Kier molecular flexibility index (Phi) is 5.97. The lowest BCUT2D eigenvalue weighted by Crippen LogP contribution is -2.46. The molecule has 1 fully saturated rings. The van der Waals surface area contributed by atoms with Gasteiger partial charge in [-0.05, 0) is 51.0 Å². The zero-order chi connectivity index (χ0) is 19.4. The van der Waals surface area contributed by atoms with Crippen molar-refractivity contribution < 1.29 is 9.90 Å². The molecule has 0 atom stereocenters. The van der Waals surface area contributed by atoms with E-state index < -0.39 is 5.60 Å². The van der Waals surface area contributed by atoms with Gasteiger partial charge in [0, 0.05) is 25.3 Å². The maximum absolute atomic E-state index is 12.0. The Morgan fingerprint density at radius 3 is 2.67 bits per heavy atom. The molecular formula is C20H25ClN4O2. The van der Waals surface area contributed by atoms with Crippen LogP contribution in [0.4, 0.5) is 5.82 Å². The Labute approximate surface area is 164 Å². The van der Waals surface area contributed by atoms with Gasteiger partial charge in [-0.3, -0.25) is 9.78 Å². The second kappa shape index (κ2) is 8.23. The van der Waals surface area contributed by atoms with E-state index in [9.17, 15) is 9.90 Å². The third-order valence-electron chi connectivity index (χ3n) is 4.52. The van der Waals surface area contributed by atoms with Crippen molar-refractivity contribution >= 4 is 23.3 Å². The van der Waals surface area contributed by atoms with Crippen LogP contribution in [-0.4, -0.2) is 45.7 Å². The summed E-state index contributed by atoms with van der Waals surface area (Å²) in [5.41, 5.74) is 0.438. The average molecular weight is 389 g/mol. The standard InChI is InChI=1S/C20H25ClN4O2/c1-20(2,27)13-18(26)23-14-8-11-25(12-9-14)17-7-6-15(21)19(24-17)16-5-3-4-10-22-16/h3-7,10,14,27H,8-9,11-13H2,1-2H3,(H,23,26). The number of piperidine rings is 1. The molecule has 0 bridgehead atoms. The van der Waals surface area contributed by atoms with Gasteiger partial charge in [0.25, 0.3) is 0 Å². The zero-order valence-corrected chi connectivity index (χ0v) is 16.4. The molecule has 2 N–H and O–H groups in total. The minimum Gasteiger partial charge on any atom is -0.390 e. The van der Waals surface area contributed by atoms with E-state index in [-0.39, 0.29) is 18.4 Å². The Balaban J connectivity index is 1.62. The lowest BCUT2D eigenvalue weighted by atomic mass is 10.0. The zero-order valence-electron chi connectivity index (χ0n) is 15.7. The van der Waals surface area contributed by atoms with Gasteiger partial charge in [-0.2, -0.15) is 0 Å². The van der Waals surface area contributed by atoms with Gasteiger partial charge in [-0.15, -0.1) is 0 Å². The molecule has 144 valence electrons. The summed E-state index contributed by atoms with van der Waals surface area (Å²) in [4.78, 5) is 23.2. The fourth-order valence-corrected chi connectivity index (χ4v) is 3.42. The molecule has 0 aromatic carbocycles. The van der Waals surface area contributed by atoms with Gasteiger partial charge in [0.05, 0.1) is 22.7 Å². The van der Waals surface area contributed by atoms with Gasteiger partial charge in [0.15, 0.2) is 0 Å². The summed E-state index contributed by atoms with van der Waals surface area (Å²) in [6.45, 7) is 4.87. The number of hydrogen-bond acceptors (Lipinski definition) is 5. The summed E-state index contributed by atoms with van der Waals surface area (Å²) in [5, 5.41) is 13.3. The van der Waals surface area contributed by atoms with E-state index >= 15 is 0 Å².